The number of aliphatic carboxylic acids is 1. The van der Waals surface area contributed by atoms with Crippen LogP contribution in [0.5, 0.6) is 0 Å². The smallest absolute Gasteiger partial charge is 0.460 e. The summed E-state index contributed by atoms with van der Waals surface area (Å²) >= 11 is 0. The van der Waals surface area contributed by atoms with Gasteiger partial charge in [-0.05, 0) is 6.42 Å². The zero-order valence-corrected chi connectivity index (χ0v) is 20.0. The maximum Gasteiger partial charge on any atom is 0.460 e. The van der Waals surface area contributed by atoms with Gasteiger partial charge in [0.25, 0.3) is 10.0 Å². The Morgan fingerprint density at radius 3 is 1.38 bits per heavy atom. The number of alkyl halides is 17. The SMILES string of the molecule is CCCCCCN(CC(=O)O)NS(=O)(=O)C(F)(F)C(F)(F)C(F)(F)C(F)(F)C(F)(F)C(F)(F)C(F)(F)C(F)(F)F. The summed E-state index contributed by atoms with van der Waals surface area (Å²) in [6.07, 6.45) is -7.37. The molecule has 0 bridgehead atoms. The van der Waals surface area contributed by atoms with Crippen LogP contribution in [0.15, 0.2) is 0 Å². The maximum atomic E-state index is 14.1. The molecular weight excluding hydrogens is 639 g/mol. The topological polar surface area (TPSA) is 86.7 Å². The predicted molar refractivity (Wildman–Crippen MR) is 96.1 cm³/mol. The third kappa shape index (κ3) is 6.16. The first kappa shape index (κ1) is 38.1. The number of hydrogen-bond donors (Lipinski definition) is 2. The summed E-state index contributed by atoms with van der Waals surface area (Å²) in [6, 6.07) is 0. The van der Waals surface area contributed by atoms with E-state index < -0.39 is 76.0 Å². The number of nitrogens with zero attached hydrogens (tertiary/aromatic N) is 1. The molecule has 2 N–H and O–H groups in total. The van der Waals surface area contributed by atoms with Crippen LogP contribution in [-0.4, -0.2) is 84.6 Å². The molecule has 0 rings (SSSR count). The quantitative estimate of drug-likeness (QED) is 0.126. The highest BCUT2D eigenvalue weighted by Gasteiger charge is 2.96. The highest BCUT2D eigenvalue weighted by molar-refractivity contribution is 7.90. The summed E-state index contributed by atoms with van der Waals surface area (Å²) in [4.78, 5) is 11.0. The molecule has 0 atom stereocenters. The van der Waals surface area contributed by atoms with Gasteiger partial charge in [0, 0.05) is 6.54 Å². The number of hydrogen-bond acceptors (Lipinski definition) is 4. The first-order valence-corrected chi connectivity index (χ1v) is 11.5. The molecule has 0 fully saturated rings. The van der Waals surface area contributed by atoms with Crippen molar-refractivity contribution < 1.29 is 93.0 Å². The van der Waals surface area contributed by atoms with Crippen molar-refractivity contribution in [3.8, 4) is 0 Å². The van der Waals surface area contributed by atoms with Gasteiger partial charge in [-0.3, -0.25) is 4.79 Å². The van der Waals surface area contributed by atoms with Crippen LogP contribution in [0.3, 0.4) is 0 Å². The molecule has 0 spiro atoms. The van der Waals surface area contributed by atoms with Crippen molar-refractivity contribution in [2.24, 2.45) is 0 Å². The number of carboxylic acids is 1. The molecule has 0 unspecified atom stereocenters. The molecule has 240 valence electrons. The van der Waals surface area contributed by atoms with Crippen LogP contribution >= 0.6 is 0 Å². The third-order valence-electron chi connectivity index (χ3n) is 4.89. The minimum Gasteiger partial charge on any atom is -0.480 e. The normalized spacial score (nSPS) is 15.6. The first-order valence-electron chi connectivity index (χ1n) is 10.0. The van der Waals surface area contributed by atoms with Gasteiger partial charge in [-0.15, -0.1) is 4.83 Å². The lowest BCUT2D eigenvalue weighted by Crippen LogP contribution is -2.75. The summed E-state index contributed by atoms with van der Waals surface area (Å²) in [5, 5.41) is 0.496. The van der Waals surface area contributed by atoms with E-state index in [1.807, 2.05) is 0 Å². The second-order valence-electron chi connectivity index (χ2n) is 7.93. The molecule has 0 aromatic carbocycles. The molecule has 0 aromatic heterocycles. The van der Waals surface area contributed by atoms with E-state index in [1.54, 1.807) is 6.92 Å². The van der Waals surface area contributed by atoms with Gasteiger partial charge in [0.1, 0.15) is 6.54 Å². The number of hydrazine groups is 1. The fourth-order valence-corrected chi connectivity index (χ4v) is 3.67. The number of carbonyl (C=O) groups is 1. The van der Waals surface area contributed by atoms with E-state index in [1.165, 1.54) is 0 Å². The fourth-order valence-electron chi connectivity index (χ4n) is 2.60. The van der Waals surface area contributed by atoms with E-state index in [4.69, 9.17) is 5.11 Å². The second-order valence-corrected chi connectivity index (χ2v) is 9.63. The van der Waals surface area contributed by atoms with E-state index in [0.717, 1.165) is 0 Å². The summed E-state index contributed by atoms with van der Waals surface area (Å²) in [6.45, 7) is -1.06. The lowest BCUT2D eigenvalue weighted by molar-refractivity contribution is -0.458. The maximum absolute atomic E-state index is 14.1. The Hall–Kier alpha value is -1.85. The highest BCUT2D eigenvalue weighted by Crippen LogP contribution is 2.64. The molecular formula is C16H17F17N2O4S. The zero-order chi connectivity index (χ0) is 32.6. The summed E-state index contributed by atoms with van der Waals surface area (Å²) in [5.74, 6) is -54.3. The van der Waals surface area contributed by atoms with Gasteiger partial charge in [-0.2, -0.15) is 74.6 Å². The van der Waals surface area contributed by atoms with Crippen molar-refractivity contribution in [2.45, 2.75) is 79.6 Å². The molecule has 40 heavy (non-hydrogen) atoms. The van der Waals surface area contributed by atoms with Crippen molar-refractivity contribution in [3.05, 3.63) is 0 Å². The van der Waals surface area contributed by atoms with Crippen LogP contribution in [0.25, 0.3) is 0 Å². The van der Waals surface area contributed by atoms with Crippen LogP contribution in [0.4, 0.5) is 74.6 Å². The predicted octanol–water partition coefficient (Wildman–Crippen LogP) is 5.75. The molecule has 0 amide bonds. The molecule has 24 heteroatoms. The fraction of sp³-hybridized carbons (Fsp3) is 0.938. The molecule has 0 saturated carbocycles. The molecule has 0 saturated heterocycles. The summed E-state index contributed by atoms with van der Waals surface area (Å²) < 4.78 is 250. The van der Waals surface area contributed by atoms with E-state index in [2.05, 4.69) is 0 Å². The average Bonchev–Trinajstić information content (AvgIpc) is 2.74. The van der Waals surface area contributed by atoms with Gasteiger partial charge in [0.2, 0.25) is 0 Å². The number of halogens is 17. The number of rotatable bonds is 16. The van der Waals surface area contributed by atoms with Gasteiger partial charge in [-0.1, -0.05) is 26.2 Å². The average molecular weight is 656 g/mol. The van der Waals surface area contributed by atoms with E-state index in [0.29, 0.717) is 17.7 Å². The Kier molecular flexibility index (Phi) is 10.9. The number of unbranched alkanes of at least 4 members (excludes halogenated alkanes) is 3. The van der Waals surface area contributed by atoms with E-state index in [9.17, 15) is 87.8 Å². The molecule has 0 radical (unpaired) electrons. The van der Waals surface area contributed by atoms with E-state index >= 15 is 0 Å². The Labute approximate surface area is 212 Å². The van der Waals surface area contributed by atoms with Gasteiger partial charge in [-0.25, -0.2) is 13.4 Å². The van der Waals surface area contributed by atoms with Crippen LogP contribution in [0, 0.1) is 0 Å². The summed E-state index contributed by atoms with van der Waals surface area (Å²) in [5.41, 5.74) is 0. The molecule has 6 nitrogen and oxygen atoms in total. The molecule has 0 aliphatic carbocycles. The van der Waals surface area contributed by atoms with Gasteiger partial charge in [0.15, 0.2) is 0 Å². The van der Waals surface area contributed by atoms with Crippen molar-refractivity contribution in [3.63, 3.8) is 0 Å². The van der Waals surface area contributed by atoms with Crippen LogP contribution < -0.4 is 4.83 Å². The van der Waals surface area contributed by atoms with Crippen LogP contribution in [0.2, 0.25) is 0 Å². The first-order chi connectivity index (χ1) is 17.3. The van der Waals surface area contributed by atoms with E-state index in [-0.39, 0.29) is 17.9 Å². The molecule has 0 aliphatic heterocycles. The van der Waals surface area contributed by atoms with Crippen molar-refractivity contribution in [2.75, 3.05) is 13.1 Å². The van der Waals surface area contributed by atoms with Crippen LogP contribution in [0.1, 0.15) is 32.6 Å². The highest BCUT2D eigenvalue weighted by atomic mass is 32.2. The number of carboxylic acid groups (broad SMARTS) is 1. The van der Waals surface area contributed by atoms with Crippen molar-refractivity contribution >= 4 is 16.0 Å². The Bertz CT molecular complexity index is 998. The van der Waals surface area contributed by atoms with Crippen LogP contribution in [-0.2, 0) is 14.8 Å². The zero-order valence-electron chi connectivity index (χ0n) is 19.2. The molecule has 0 aromatic rings. The number of sulfonamides is 1. The minimum atomic E-state index is -8.94. The standard InChI is InChI=1S/C16H17F17N2O4S/c1-2-3-4-5-6-35(7-8(36)37)34-40(38,39)16(32,33)14(27,28)12(23,24)10(19,20)9(17,18)11(21,22)13(25,26)15(29,30)31/h34H,2-7H2,1H3,(H,36,37). The second kappa shape index (κ2) is 11.4. The van der Waals surface area contributed by atoms with Gasteiger partial charge >= 0.3 is 52.9 Å². The van der Waals surface area contributed by atoms with Gasteiger partial charge in [0.05, 0.1) is 0 Å². The lowest BCUT2D eigenvalue weighted by atomic mass is 9.91. The summed E-state index contributed by atoms with van der Waals surface area (Å²) in [7, 11) is -7.63. The minimum absolute atomic E-state index is 0.0804. The monoisotopic (exact) mass is 656 g/mol. The third-order valence-corrected chi connectivity index (χ3v) is 6.32. The lowest BCUT2D eigenvalue weighted by Gasteiger charge is -2.42. The Morgan fingerprint density at radius 1 is 0.650 bits per heavy atom. The van der Waals surface area contributed by atoms with Crippen molar-refractivity contribution in [1.29, 1.82) is 0 Å². The molecule has 0 heterocycles. The number of nitrogens with one attached hydrogen (secondary N) is 1. The Morgan fingerprint density at radius 2 is 1.02 bits per heavy atom. The van der Waals surface area contributed by atoms with Crippen molar-refractivity contribution in [1.82, 2.24) is 9.84 Å². The molecule has 0 aliphatic rings. The Balaban J connectivity index is 6.72. The van der Waals surface area contributed by atoms with Gasteiger partial charge < -0.3 is 5.11 Å². The largest absolute Gasteiger partial charge is 0.480 e.